The Hall–Kier alpha value is -1.16. The number of nitrogens with zero attached hydrogens (tertiary/aromatic N) is 1. The minimum Gasteiger partial charge on any atom is -0.448 e. The minimum atomic E-state index is -0.191. The van der Waals surface area contributed by atoms with Crippen molar-refractivity contribution in [2.45, 2.75) is 45.1 Å². The molecule has 4 heteroatoms. The third kappa shape index (κ3) is 2.27. The summed E-state index contributed by atoms with van der Waals surface area (Å²) in [5, 5.41) is 3.16. The van der Waals surface area contributed by atoms with Crippen LogP contribution in [0.5, 0.6) is 0 Å². The number of aromatic nitrogens is 1. The molecule has 1 saturated carbocycles. The van der Waals surface area contributed by atoms with Crippen LogP contribution in [0.3, 0.4) is 0 Å². The number of carbonyl (C=O) groups is 1. The molecule has 2 unspecified atom stereocenters. The van der Waals surface area contributed by atoms with E-state index in [9.17, 15) is 4.79 Å². The fourth-order valence-corrected chi connectivity index (χ4v) is 2.82. The van der Waals surface area contributed by atoms with Gasteiger partial charge in [0.05, 0.1) is 18.2 Å². The smallest absolute Gasteiger partial charge is 0.204 e. The highest BCUT2D eigenvalue weighted by molar-refractivity contribution is 5.90. The molecule has 1 fully saturated rings. The first-order valence-corrected chi connectivity index (χ1v) is 6.16. The molecule has 1 N–H and O–H groups in total. The summed E-state index contributed by atoms with van der Waals surface area (Å²) in [4.78, 5) is 16.7. The molecule has 1 aromatic rings. The molecule has 0 amide bonds. The van der Waals surface area contributed by atoms with Crippen LogP contribution in [0, 0.1) is 5.41 Å². The van der Waals surface area contributed by atoms with Gasteiger partial charge in [-0.3, -0.25) is 4.79 Å². The Morgan fingerprint density at radius 1 is 1.53 bits per heavy atom. The Bertz CT molecular complexity index is 384. The van der Waals surface area contributed by atoms with Crippen LogP contribution in [0.1, 0.15) is 44.9 Å². The number of carbonyl (C=O) groups excluding carboxylic acids is 1. The quantitative estimate of drug-likeness (QED) is 0.799. The summed E-state index contributed by atoms with van der Waals surface area (Å²) in [6, 6.07) is -0.123. The first-order valence-electron chi connectivity index (χ1n) is 6.16. The molecule has 1 heterocycles. The first-order chi connectivity index (χ1) is 8.06. The van der Waals surface area contributed by atoms with Gasteiger partial charge in [0.2, 0.25) is 5.89 Å². The first kappa shape index (κ1) is 12.3. The topological polar surface area (TPSA) is 55.1 Å². The van der Waals surface area contributed by atoms with Gasteiger partial charge >= 0.3 is 0 Å². The van der Waals surface area contributed by atoms with Crippen LogP contribution in [0.4, 0.5) is 0 Å². The maximum atomic E-state index is 12.5. The van der Waals surface area contributed by atoms with Gasteiger partial charge in [0, 0.05) is 0 Å². The predicted octanol–water partition coefficient (Wildman–Crippen LogP) is 2.13. The van der Waals surface area contributed by atoms with Gasteiger partial charge in [-0.2, -0.15) is 0 Å². The number of ketones is 1. The van der Waals surface area contributed by atoms with Crippen LogP contribution in [-0.2, 0) is 4.79 Å². The molecular formula is C13H20N2O2. The number of hydrogen-bond donors (Lipinski definition) is 1. The number of nitrogens with one attached hydrogen (secondary N) is 1. The Morgan fingerprint density at radius 3 is 2.88 bits per heavy atom. The molecule has 1 aliphatic carbocycles. The summed E-state index contributed by atoms with van der Waals surface area (Å²) in [5.41, 5.74) is -0.00677. The number of Topliss-reactive ketones (excluding diaryl/α,β-unsaturated/α-hetero) is 1. The highest BCUT2D eigenvalue weighted by Crippen LogP contribution is 2.37. The predicted molar refractivity (Wildman–Crippen MR) is 64.7 cm³/mol. The molecule has 2 rings (SSSR count). The summed E-state index contributed by atoms with van der Waals surface area (Å²) in [5.74, 6) is 0.578. The molecular weight excluding hydrogens is 216 g/mol. The molecule has 1 aliphatic rings. The van der Waals surface area contributed by atoms with Crippen LogP contribution in [0.15, 0.2) is 16.9 Å². The number of hydrogen-bond acceptors (Lipinski definition) is 4. The van der Waals surface area contributed by atoms with E-state index in [0.717, 1.165) is 19.3 Å². The molecule has 0 saturated heterocycles. The van der Waals surface area contributed by atoms with E-state index in [2.05, 4.69) is 24.1 Å². The zero-order chi connectivity index (χ0) is 12.5. The molecule has 4 nitrogen and oxygen atoms in total. The fraction of sp³-hybridized carbons (Fsp3) is 0.692. The Labute approximate surface area is 102 Å². The normalized spacial score (nSPS) is 29.0. The number of oxazole rings is 1. The Kier molecular flexibility index (Phi) is 3.33. The van der Waals surface area contributed by atoms with Crippen LogP contribution < -0.4 is 5.32 Å². The molecule has 2 atom stereocenters. The SMILES string of the molecule is CNC1C(=O)C(c2ncco2)CCCC1(C)C. The molecule has 0 bridgehead atoms. The van der Waals surface area contributed by atoms with E-state index >= 15 is 0 Å². The van der Waals surface area contributed by atoms with Crippen LogP contribution in [0.2, 0.25) is 0 Å². The van der Waals surface area contributed by atoms with Crippen molar-refractivity contribution in [2.24, 2.45) is 5.41 Å². The van der Waals surface area contributed by atoms with Crippen LogP contribution in [-0.4, -0.2) is 23.9 Å². The number of rotatable bonds is 2. The van der Waals surface area contributed by atoms with Crippen molar-refractivity contribution in [2.75, 3.05) is 7.05 Å². The summed E-state index contributed by atoms with van der Waals surface area (Å²) < 4.78 is 5.30. The van der Waals surface area contributed by atoms with Gasteiger partial charge in [-0.25, -0.2) is 4.98 Å². The molecule has 1 aromatic heterocycles. The van der Waals surface area contributed by atoms with Crippen molar-refractivity contribution >= 4 is 5.78 Å². The van der Waals surface area contributed by atoms with E-state index in [4.69, 9.17) is 4.42 Å². The maximum Gasteiger partial charge on any atom is 0.204 e. The molecule has 17 heavy (non-hydrogen) atoms. The van der Waals surface area contributed by atoms with E-state index in [0.29, 0.717) is 5.89 Å². The summed E-state index contributed by atoms with van der Waals surface area (Å²) in [6.45, 7) is 4.29. The standard InChI is InChI=1S/C13H20N2O2/c1-13(2)6-4-5-9(10(16)11(13)14-3)12-15-7-8-17-12/h7-9,11,14H,4-6H2,1-3H3. The molecule has 0 aliphatic heterocycles. The lowest BCUT2D eigenvalue weighted by Crippen LogP contribution is -2.46. The van der Waals surface area contributed by atoms with Gasteiger partial charge in [0.15, 0.2) is 5.78 Å². The Morgan fingerprint density at radius 2 is 2.29 bits per heavy atom. The molecule has 0 radical (unpaired) electrons. The molecule has 0 spiro atoms. The fourth-order valence-electron chi connectivity index (χ4n) is 2.82. The van der Waals surface area contributed by atoms with E-state index in [1.165, 1.54) is 6.26 Å². The maximum absolute atomic E-state index is 12.5. The van der Waals surface area contributed by atoms with Gasteiger partial charge in [-0.15, -0.1) is 0 Å². The summed E-state index contributed by atoms with van der Waals surface area (Å²) >= 11 is 0. The third-order valence-electron chi connectivity index (χ3n) is 3.76. The third-order valence-corrected chi connectivity index (χ3v) is 3.76. The van der Waals surface area contributed by atoms with E-state index < -0.39 is 0 Å². The monoisotopic (exact) mass is 236 g/mol. The van der Waals surface area contributed by atoms with Crippen LogP contribution in [0.25, 0.3) is 0 Å². The van der Waals surface area contributed by atoms with E-state index in [-0.39, 0.29) is 23.2 Å². The van der Waals surface area contributed by atoms with E-state index in [1.54, 1.807) is 6.20 Å². The van der Waals surface area contributed by atoms with Crippen molar-refractivity contribution in [3.05, 3.63) is 18.4 Å². The summed E-state index contributed by atoms with van der Waals surface area (Å²) in [6.07, 6.45) is 6.05. The van der Waals surface area contributed by atoms with Crippen molar-refractivity contribution in [1.82, 2.24) is 10.3 Å². The van der Waals surface area contributed by atoms with Gasteiger partial charge < -0.3 is 9.73 Å². The van der Waals surface area contributed by atoms with Crippen molar-refractivity contribution in [3.63, 3.8) is 0 Å². The van der Waals surface area contributed by atoms with Crippen molar-refractivity contribution in [3.8, 4) is 0 Å². The zero-order valence-corrected chi connectivity index (χ0v) is 10.7. The van der Waals surface area contributed by atoms with Crippen molar-refractivity contribution < 1.29 is 9.21 Å². The van der Waals surface area contributed by atoms with Crippen LogP contribution >= 0.6 is 0 Å². The lowest BCUT2D eigenvalue weighted by molar-refractivity contribution is -0.124. The summed E-state index contributed by atoms with van der Waals surface area (Å²) in [7, 11) is 1.85. The highest BCUT2D eigenvalue weighted by Gasteiger charge is 2.41. The van der Waals surface area contributed by atoms with E-state index in [1.807, 2.05) is 7.05 Å². The minimum absolute atomic E-state index is 0.00677. The van der Waals surface area contributed by atoms with Gasteiger partial charge in [-0.1, -0.05) is 20.3 Å². The lowest BCUT2D eigenvalue weighted by Gasteiger charge is -2.31. The largest absolute Gasteiger partial charge is 0.448 e. The average molecular weight is 236 g/mol. The zero-order valence-electron chi connectivity index (χ0n) is 10.7. The average Bonchev–Trinajstić information content (AvgIpc) is 2.74. The van der Waals surface area contributed by atoms with Gasteiger partial charge in [-0.05, 0) is 25.3 Å². The van der Waals surface area contributed by atoms with Gasteiger partial charge in [0.1, 0.15) is 6.26 Å². The lowest BCUT2D eigenvalue weighted by atomic mass is 9.79. The highest BCUT2D eigenvalue weighted by atomic mass is 16.3. The van der Waals surface area contributed by atoms with Gasteiger partial charge in [0.25, 0.3) is 0 Å². The second-order valence-electron chi connectivity index (χ2n) is 5.43. The van der Waals surface area contributed by atoms with Crippen molar-refractivity contribution in [1.29, 1.82) is 0 Å². The second-order valence-corrected chi connectivity index (χ2v) is 5.43. The molecule has 0 aromatic carbocycles. The Balaban J connectivity index is 2.29. The molecule has 94 valence electrons. The number of likely N-dealkylation sites (N-methyl/N-ethyl adjacent to an activating group) is 1. The second kappa shape index (κ2) is 4.61.